The predicted molar refractivity (Wildman–Crippen MR) is 79.1 cm³/mol. The van der Waals surface area contributed by atoms with Crippen LogP contribution in [0.15, 0.2) is 24.5 Å². The third kappa shape index (κ3) is 6.66. The summed E-state index contributed by atoms with van der Waals surface area (Å²) in [6, 6.07) is 4.70. The van der Waals surface area contributed by atoms with E-state index in [0.717, 1.165) is 39.2 Å². The van der Waals surface area contributed by atoms with Crippen LogP contribution in [0.3, 0.4) is 0 Å². The Kier molecular flexibility index (Phi) is 8.38. The van der Waals surface area contributed by atoms with E-state index in [-0.39, 0.29) is 0 Å². The van der Waals surface area contributed by atoms with Crippen LogP contribution in [0.4, 0.5) is 0 Å². The highest BCUT2D eigenvalue weighted by Crippen LogP contribution is 2.06. The summed E-state index contributed by atoms with van der Waals surface area (Å²) < 4.78 is 5.04. The van der Waals surface area contributed by atoms with Gasteiger partial charge in [0.15, 0.2) is 0 Å². The van der Waals surface area contributed by atoms with E-state index in [1.165, 1.54) is 5.56 Å². The van der Waals surface area contributed by atoms with Crippen LogP contribution >= 0.6 is 0 Å². The van der Waals surface area contributed by atoms with Crippen LogP contribution in [-0.2, 0) is 11.3 Å². The smallest absolute Gasteiger partial charge is 0.0474 e. The van der Waals surface area contributed by atoms with Gasteiger partial charge in [0.2, 0.25) is 0 Å². The minimum atomic E-state index is 0.528. The minimum absolute atomic E-state index is 0.528. The van der Waals surface area contributed by atoms with Crippen molar-refractivity contribution in [3.05, 3.63) is 30.1 Å². The Morgan fingerprint density at radius 2 is 2.11 bits per heavy atom. The SMILES string of the molecule is CCN(Cc1ccncc1)C(C)CNCCCOC. The monoisotopic (exact) mass is 265 g/mol. The minimum Gasteiger partial charge on any atom is -0.385 e. The summed E-state index contributed by atoms with van der Waals surface area (Å²) in [7, 11) is 1.75. The number of hydrogen-bond donors (Lipinski definition) is 1. The first-order valence-electron chi connectivity index (χ1n) is 7.10. The summed E-state index contributed by atoms with van der Waals surface area (Å²) in [5.74, 6) is 0. The maximum Gasteiger partial charge on any atom is 0.0474 e. The molecule has 108 valence electrons. The molecule has 1 rings (SSSR count). The molecule has 0 saturated carbocycles. The summed E-state index contributed by atoms with van der Waals surface area (Å²) >= 11 is 0. The Balaban J connectivity index is 2.29. The van der Waals surface area contributed by atoms with Crippen molar-refractivity contribution >= 4 is 0 Å². The number of nitrogens with zero attached hydrogens (tertiary/aromatic N) is 2. The van der Waals surface area contributed by atoms with Crippen molar-refractivity contribution < 1.29 is 4.74 Å². The number of nitrogens with one attached hydrogen (secondary N) is 1. The molecule has 0 spiro atoms. The first-order valence-corrected chi connectivity index (χ1v) is 7.10. The lowest BCUT2D eigenvalue weighted by Gasteiger charge is -2.28. The summed E-state index contributed by atoms with van der Waals surface area (Å²) in [6.07, 6.45) is 4.79. The van der Waals surface area contributed by atoms with Crippen LogP contribution in [0.5, 0.6) is 0 Å². The second kappa shape index (κ2) is 9.89. The normalized spacial score (nSPS) is 12.8. The van der Waals surface area contributed by atoms with Crippen LogP contribution in [0, 0.1) is 0 Å². The highest BCUT2D eigenvalue weighted by atomic mass is 16.5. The molecule has 0 fully saturated rings. The lowest BCUT2D eigenvalue weighted by Crippen LogP contribution is -2.40. The molecular weight excluding hydrogens is 238 g/mol. The summed E-state index contributed by atoms with van der Waals surface area (Å²) in [5.41, 5.74) is 1.32. The van der Waals surface area contributed by atoms with Crippen molar-refractivity contribution in [3.8, 4) is 0 Å². The number of likely N-dealkylation sites (N-methyl/N-ethyl adjacent to an activating group) is 1. The lowest BCUT2D eigenvalue weighted by molar-refractivity contribution is 0.187. The fourth-order valence-corrected chi connectivity index (χ4v) is 2.08. The maximum absolute atomic E-state index is 5.04. The molecule has 0 radical (unpaired) electrons. The van der Waals surface area contributed by atoms with Crippen molar-refractivity contribution in [2.75, 3.05) is 33.4 Å². The van der Waals surface area contributed by atoms with Crippen molar-refractivity contribution in [3.63, 3.8) is 0 Å². The largest absolute Gasteiger partial charge is 0.385 e. The van der Waals surface area contributed by atoms with Gasteiger partial charge >= 0.3 is 0 Å². The van der Waals surface area contributed by atoms with E-state index >= 15 is 0 Å². The summed E-state index contributed by atoms with van der Waals surface area (Å²) in [6.45, 7) is 9.39. The average molecular weight is 265 g/mol. The Bertz CT molecular complexity index is 318. The predicted octanol–water partition coefficient (Wildman–Crippen LogP) is 1.92. The van der Waals surface area contributed by atoms with Gasteiger partial charge in [0.25, 0.3) is 0 Å². The van der Waals surface area contributed by atoms with Gasteiger partial charge in [0, 0.05) is 45.2 Å². The molecule has 1 heterocycles. The van der Waals surface area contributed by atoms with Crippen LogP contribution in [0.2, 0.25) is 0 Å². The van der Waals surface area contributed by atoms with Crippen molar-refractivity contribution in [1.82, 2.24) is 15.2 Å². The van der Waals surface area contributed by atoms with Gasteiger partial charge in [-0.15, -0.1) is 0 Å². The quantitative estimate of drug-likeness (QED) is 0.656. The van der Waals surface area contributed by atoms with E-state index in [1.807, 2.05) is 12.4 Å². The fourth-order valence-electron chi connectivity index (χ4n) is 2.08. The number of aromatic nitrogens is 1. The summed E-state index contributed by atoms with van der Waals surface area (Å²) in [5, 5.41) is 3.49. The first-order chi connectivity index (χ1) is 9.27. The Morgan fingerprint density at radius 3 is 2.74 bits per heavy atom. The first kappa shape index (κ1) is 16.1. The molecule has 0 aliphatic carbocycles. The van der Waals surface area contributed by atoms with E-state index < -0.39 is 0 Å². The number of methoxy groups -OCH3 is 1. The summed E-state index contributed by atoms with van der Waals surface area (Å²) in [4.78, 5) is 6.53. The van der Waals surface area contributed by atoms with Crippen molar-refractivity contribution in [2.45, 2.75) is 32.9 Å². The molecule has 1 N–H and O–H groups in total. The van der Waals surface area contributed by atoms with E-state index in [1.54, 1.807) is 7.11 Å². The van der Waals surface area contributed by atoms with E-state index in [9.17, 15) is 0 Å². The van der Waals surface area contributed by atoms with Gasteiger partial charge in [-0.25, -0.2) is 0 Å². The van der Waals surface area contributed by atoms with Crippen LogP contribution < -0.4 is 5.32 Å². The molecular formula is C15H27N3O. The zero-order valence-corrected chi connectivity index (χ0v) is 12.4. The Hall–Kier alpha value is -0.970. The van der Waals surface area contributed by atoms with E-state index in [4.69, 9.17) is 4.74 Å². The van der Waals surface area contributed by atoms with Crippen molar-refractivity contribution in [2.24, 2.45) is 0 Å². The van der Waals surface area contributed by atoms with Crippen LogP contribution in [0.25, 0.3) is 0 Å². The zero-order valence-electron chi connectivity index (χ0n) is 12.4. The number of hydrogen-bond acceptors (Lipinski definition) is 4. The topological polar surface area (TPSA) is 37.4 Å². The molecule has 0 saturated heterocycles. The molecule has 0 aliphatic rings. The van der Waals surface area contributed by atoms with Crippen LogP contribution in [0.1, 0.15) is 25.8 Å². The second-order valence-electron chi connectivity index (χ2n) is 4.82. The highest BCUT2D eigenvalue weighted by Gasteiger charge is 2.11. The molecule has 0 bridgehead atoms. The molecule has 19 heavy (non-hydrogen) atoms. The van der Waals surface area contributed by atoms with Gasteiger partial charge < -0.3 is 10.1 Å². The molecule has 0 aliphatic heterocycles. The molecule has 1 unspecified atom stereocenters. The van der Waals surface area contributed by atoms with Gasteiger partial charge in [-0.1, -0.05) is 6.92 Å². The second-order valence-corrected chi connectivity index (χ2v) is 4.82. The Morgan fingerprint density at radius 1 is 1.37 bits per heavy atom. The van der Waals surface area contributed by atoms with Crippen molar-refractivity contribution in [1.29, 1.82) is 0 Å². The molecule has 1 aromatic rings. The lowest BCUT2D eigenvalue weighted by atomic mass is 10.2. The molecule has 4 nitrogen and oxygen atoms in total. The number of pyridine rings is 1. The van der Waals surface area contributed by atoms with Gasteiger partial charge in [-0.2, -0.15) is 0 Å². The maximum atomic E-state index is 5.04. The molecule has 0 amide bonds. The third-order valence-corrected chi connectivity index (χ3v) is 3.31. The highest BCUT2D eigenvalue weighted by molar-refractivity contribution is 5.09. The third-order valence-electron chi connectivity index (χ3n) is 3.31. The van der Waals surface area contributed by atoms with Gasteiger partial charge in [-0.3, -0.25) is 9.88 Å². The van der Waals surface area contributed by atoms with Crippen LogP contribution in [-0.4, -0.2) is 49.3 Å². The van der Waals surface area contributed by atoms with Gasteiger partial charge in [-0.05, 0) is 44.1 Å². The molecule has 0 aromatic carbocycles. The van der Waals surface area contributed by atoms with Gasteiger partial charge in [0.1, 0.15) is 0 Å². The Labute approximate surface area is 117 Å². The number of ether oxygens (including phenoxy) is 1. The number of rotatable bonds is 10. The van der Waals surface area contributed by atoms with E-state index in [2.05, 4.69) is 41.2 Å². The molecule has 4 heteroatoms. The van der Waals surface area contributed by atoms with Gasteiger partial charge in [0.05, 0.1) is 0 Å². The standard InChI is InChI=1S/C15H27N3O/c1-4-18(13-15-6-9-16-10-7-15)14(2)12-17-8-5-11-19-3/h6-7,9-10,14,17H,4-5,8,11-13H2,1-3H3. The zero-order chi connectivity index (χ0) is 13.9. The molecule has 1 aromatic heterocycles. The fraction of sp³-hybridized carbons (Fsp3) is 0.667. The van der Waals surface area contributed by atoms with E-state index in [0.29, 0.717) is 6.04 Å². The average Bonchev–Trinajstić information content (AvgIpc) is 2.45. The molecule has 1 atom stereocenters.